The molecule has 0 unspecified atom stereocenters. The lowest BCUT2D eigenvalue weighted by atomic mass is 10.2. The first-order valence-electron chi connectivity index (χ1n) is 4.44. The SMILES string of the molecule is CNc1cccc2ccc([N+](=O)[O-])nc12. The lowest BCUT2D eigenvalue weighted by Crippen LogP contribution is -1.95. The minimum atomic E-state index is -0.494. The number of hydrogen-bond acceptors (Lipinski definition) is 4. The van der Waals surface area contributed by atoms with Gasteiger partial charge in [-0.25, -0.2) is 0 Å². The molecule has 0 bridgehead atoms. The second kappa shape index (κ2) is 3.53. The van der Waals surface area contributed by atoms with Crippen molar-refractivity contribution in [1.82, 2.24) is 4.98 Å². The van der Waals surface area contributed by atoms with E-state index < -0.39 is 4.92 Å². The molecule has 0 fully saturated rings. The van der Waals surface area contributed by atoms with Gasteiger partial charge >= 0.3 is 5.82 Å². The number of anilines is 1. The molecule has 0 saturated carbocycles. The van der Waals surface area contributed by atoms with E-state index in [0.717, 1.165) is 11.1 Å². The Labute approximate surface area is 85.9 Å². The third-order valence-electron chi connectivity index (χ3n) is 2.16. The summed E-state index contributed by atoms with van der Waals surface area (Å²) in [5.74, 6) is -0.134. The van der Waals surface area contributed by atoms with Crippen LogP contribution in [-0.2, 0) is 0 Å². The van der Waals surface area contributed by atoms with Crippen molar-refractivity contribution in [3.05, 3.63) is 40.4 Å². The predicted octanol–water partition coefficient (Wildman–Crippen LogP) is 2.18. The average Bonchev–Trinajstić information content (AvgIpc) is 2.27. The van der Waals surface area contributed by atoms with Crippen molar-refractivity contribution in [3.8, 4) is 0 Å². The van der Waals surface area contributed by atoms with Gasteiger partial charge in [0.1, 0.15) is 0 Å². The second-order valence-corrected chi connectivity index (χ2v) is 3.05. The molecular weight excluding hydrogens is 194 g/mol. The Morgan fingerprint density at radius 2 is 2.13 bits per heavy atom. The van der Waals surface area contributed by atoms with Gasteiger partial charge in [0.05, 0.1) is 5.69 Å². The smallest absolute Gasteiger partial charge is 0.364 e. The summed E-state index contributed by atoms with van der Waals surface area (Å²) in [5.41, 5.74) is 1.41. The van der Waals surface area contributed by atoms with Crippen molar-refractivity contribution in [2.45, 2.75) is 0 Å². The maximum atomic E-state index is 10.6. The summed E-state index contributed by atoms with van der Waals surface area (Å²) in [6, 6.07) is 8.68. The summed E-state index contributed by atoms with van der Waals surface area (Å²) in [4.78, 5) is 14.1. The Balaban J connectivity index is 2.72. The van der Waals surface area contributed by atoms with E-state index in [1.54, 1.807) is 13.1 Å². The molecule has 5 nitrogen and oxygen atoms in total. The van der Waals surface area contributed by atoms with Crippen LogP contribution in [0, 0.1) is 10.1 Å². The molecule has 0 aliphatic heterocycles. The van der Waals surface area contributed by atoms with Crippen LogP contribution in [0.15, 0.2) is 30.3 Å². The summed E-state index contributed by atoms with van der Waals surface area (Å²) >= 11 is 0. The molecule has 0 aliphatic carbocycles. The highest BCUT2D eigenvalue weighted by Gasteiger charge is 2.11. The molecule has 1 aromatic heterocycles. The molecule has 2 aromatic rings. The third-order valence-corrected chi connectivity index (χ3v) is 2.16. The third kappa shape index (κ3) is 1.59. The number of pyridine rings is 1. The molecule has 1 N–H and O–H groups in total. The minimum Gasteiger partial charge on any atom is -0.385 e. The van der Waals surface area contributed by atoms with E-state index in [-0.39, 0.29) is 5.82 Å². The molecule has 1 heterocycles. The van der Waals surface area contributed by atoms with E-state index in [2.05, 4.69) is 10.3 Å². The lowest BCUT2D eigenvalue weighted by molar-refractivity contribution is -0.389. The molecule has 76 valence electrons. The van der Waals surface area contributed by atoms with E-state index in [1.807, 2.05) is 18.2 Å². The first kappa shape index (κ1) is 9.39. The van der Waals surface area contributed by atoms with Crippen LogP contribution in [0.5, 0.6) is 0 Å². The van der Waals surface area contributed by atoms with Gasteiger partial charge in [-0.1, -0.05) is 12.1 Å². The van der Waals surface area contributed by atoms with E-state index in [9.17, 15) is 10.1 Å². The highest BCUT2D eigenvalue weighted by molar-refractivity contribution is 5.90. The molecular formula is C10H9N3O2. The second-order valence-electron chi connectivity index (χ2n) is 3.05. The number of nitrogens with zero attached hydrogens (tertiary/aromatic N) is 2. The van der Waals surface area contributed by atoms with Crippen LogP contribution in [0.25, 0.3) is 10.9 Å². The lowest BCUT2D eigenvalue weighted by Gasteiger charge is -2.01. The van der Waals surface area contributed by atoms with E-state index >= 15 is 0 Å². The highest BCUT2D eigenvalue weighted by atomic mass is 16.6. The maximum Gasteiger partial charge on any atom is 0.364 e. The Hall–Kier alpha value is -2.17. The molecule has 0 saturated heterocycles. The van der Waals surface area contributed by atoms with Crippen LogP contribution in [0.4, 0.5) is 11.5 Å². The van der Waals surface area contributed by atoms with Crippen molar-refractivity contribution < 1.29 is 4.92 Å². The van der Waals surface area contributed by atoms with Gasteiger partial charge in [-0.2, -0.15) is 0 Å². The Morgan fingerprint density at radius 3 is 2.80 bits per heavy atom. The summed E-state index contributed by atoms with van der Waals surface area (Å²) in [5, 5.41) is 14.4. The van der Waals surface area contributed by atoms with Crippen molar-refractivity contribution in [2.24, 2.45) is 0 Å². The maximum absolute atomic E-state index is 10.6. The van der Waals surface area contributed by atoms with Crippen LogP contribution >= 0.6 is 0 Å². The summed E-state index contributed by atoms with van der Waals surface area (Å²) in [6.07, 6.45) is 0. The van der Waals surface area contributed by atoms with E-state index in [0.29, 0.717) is 5.52 Å². The fourth-order valence-electron chi connectivity index (χ4n) is 1.44. The Kier molecular flexibility index (Phi) is 2.21. The van der Waals surface area contributed by atoms with Crippen LogP contribution in [0.3, 0.4) is 0 Å². The van der Waals surface area contributed by atoms with Crippen LogP contribution in [0.1, 0.15) is 0 Å². The predicted molar refractivity (Wildman–Crippen MR) is 57.9 cm³/mol. The quantitative estimate of drug-likeness (QED) is 0.600. The van der Waals surface area contributed by atoms with E-state index in [4.69, 9.17) is 0 Å². The number of para-hydroxylation sites is 1. The first-order valence-corrected chi connectivity index (χ1v) is 4.44. The highest BCUT2D eigenvalue weighted by Crippen LogP contribution is 2.23. The van der Waals surface area contributed by atoms with Gasteiger partial charge < -0.3 is 15.4 Å². The largest absolute Gasteiger partial charge is 0.385 e. The summed E-state index contributed by atoms with van der Waals surface area (Å²) < 4.78 is 0. The number of nitro groups is 1. The van der Waals surface area contributed by atoms with Crippen LogP contribution in [-0.4, -0.2) is 17.0 Å². The van der Waals surface area contributed by atoms with Gasteiger partial charge in [-0.15, -0.1) is 0 Å². The first-order chi connectivity index (χ1) is 7.22. The molecule has 0 atom stereocenters. The average molecular weight is 203 g/mol. The number of fused-ring (bicyclic) bond motifs is 1. The van der Waals surface area contributed by atoms with Gasteiger partial charge in [0.2, 0.25) is 5.52 Å². The fourth-order valence-corrected chi connectivity index (χ4v) is 1.44. The zero-order valence-electron chi connectivity index (χ0n) is 8.10. The molecule has 0 spiro atoms. The van der Waals surface area contributed by atoms with E-state index in [1.165, 1.54) is 6.07 Å². The molecule has 2 rings (SSSR count). The number of nitrogens with one attached hydrogen (secondary N) is 1. The van der Waals surface area contributed by atoms with Gasteiger partial charge in [-0.3, -0.25) is 0 Å². The number of benzene rings is 1. The molecule has 0 radical (unpaired) electrons. The van der Waals surface area contributed by atoms with Crippen molar-refractivity contribution in [1.29, 1.82) is 0 Å². The standard InChI is InChI=1S/C10H9N3O2/c1-11-8-4-2-3-7-5-6-9(13(14)15)12-10(7)8/h2-6,11H,1H3. The number of aromatic nitrogens is 1. The minimum absolute atomic E-state index is 0.134. The van der Waals surface area contributed by atoms with Crippen molar-refractivity contribution in [3.63, 3.8) is 0 Å². The topological polar surface area (TPSA) is 68.1 Å². The van der Waals surface area contributed by atoms with Gasteiger partial charge in [0.25, 0.3) is 0 Å². The molecule has 1 aromatic carbocycles. The number of hydrogen-bond donors (Lipinski definition) is 1. The Bertz CT molecular complexity index is 525. The zero-order valence-corrected chi connectivity index (χ0v) is 8.10. The van der Waals surface area contributed by atoms with Crippen LogP contribution < -0.4 is 5.32 Å². The summed E-state index contributed by atoms with van der Waals surface area (Å²) in [7, 11) is 1.76. The Morgan fingerprint density at radius 1 is 1.33 bits per heavy atom. The van der Waals surface area contributed by atoms with Gasteiger partial charge in [0, 0.05) is 18.5 Å². The molecule has 5 heteroatoms. The normalized spacial score (nSPS) is 10.2. The molecule has 0 amide bonds. The van der Waals surface area contributed by atoms with Crippen molar-refractivity contribution in [2.75, 3.05) is 12.4 Å². The van der Waals surface area contributed by atoms with Crippen molar-refractivity contribution >= 4 is 22.4 Å². The van der Waals surface area contributed by atoms with Crippen LogP contribution in [0.2, 0.25) is 0 Å². The van der Waals surface area contributed by atoms with Gasteiger partial charge in [-0.05, 0) is 22.0 Å². The number of rotatable bonds is 2. The zero-order chi connectivity index (χ0) is 10.8. The monoisotopic (exact) mass is 203 g/mol. The molecule has 0 aliphatic rings. The van der Waals surface area contributed by atoms with Gasteiger partial charge in [0.15, 0.2) is 0 Å². The fraction of sp³-hybridized carbons (Fsp3) is 0.100. The molecule has 15 heavy (non-hydrogen) atoms. The summed E-state index contributed by atoms with van der Waals surface area (Å²) in [6.45, 7) is 0.